The number of aromatic nitrogens is 2. The zero-order chi connectivity index (χ0) is 17.8. The summed E-state index contributed by atoms with van der Waals surface area (Å²) in [6, 6.07) is 19.2. The number of carbonyl (C=O) groups is 1. The number of anilines is 1. The molecule has 0 saturated heterocycles. The number of rotatable bonds is 5. The molecule has 4 nitrogen and oxygen atoms in total. The molecule has 0 unspecified atom stereocenters. The Bertz CT molecular complexity index is 879. The van der Waals surface area contributed by atoms with Crippen molar-refractivity contribution >= 4 is 11.6 Å². The summed E-state index contributed by atoms with van der Waals surface area (Å²) < 4.78 is 1.88. The van der Waals surface area contributed by atoms with Gasteiger partial charge >= 0.3 is 0 Å². The van der Waals surface area contributed by atoms with Crippen molar-refractivity contribution in [3.8, 4) is 5.69 Å². The van der Waals surface area contributed by atoms with Crippen molar-refractivity contribution in [2.75, 3.05) is 11.4 Å². The van der Waals surface area contributed by atoms with E-state index in [1.54, 1.807) is 11.0 Å². The molecule has 3 aromatic rings. The van der Waals surface area contributed by atoms with E-state index in [4.69, 9.17) is 0 Å². The first-order valence-corrected chi connectivity index (χ1v) is 8.21. The molecule has 0 aliphatic heterocycles. The van der Waals surface area contributed by atoms with Crippen LogP contribution in [0.15, 0.2) is 73.3 Å². The monoisotopic (exact) mass is 331 g/mol. The highest BCUT2D eigenvalue weighted by Gasteiger charge is 2.16. The van der Waals surface area contributed by atoms with Crippen molar-refractivity contribution in [3.05, 3.63) is 90.3 Å². The van der Waals surface area contributed by atoms with Crippen LogP contribution in [0.25, 0.3) is 5.69 Å². The Balaban J connectivity index is 1.89. The molecule has 0 radical (unpaired) electrons. The summed E-state index contributed by atoms with van der Waals surface area (Å²) in [5.41, 5.74) is 4.47. The lowest BCUT2D eigenvalue weighted by atomic mass is 10.1. The van der Waals surface area contributed by atoms with E-state index in [2.05, 4.69) is 11.7 Å². The fourth-order valence-corrected chi connectivity index (χ4v) is 2.83. The molecular weight excluding hydrogens is 310 g/mol. The van der Waals surface area contributed by atoms with E-state index in [-0.39, 0.29) is 5.91 Å². The zero-order valence-electron chi connectivity index (χ0n) is 14.5. The third-order valence-electron chi connectivity index (χ3n) is 3.99. The van der Waals surface area contributed by atoms with Gasteiger partial charge in [0.05, 0.1) is 11.4 Å². The number of benzene rings is 2. The molecule has 0 fully saturated rings. The van der Waals surface area contributed by atoms with Gasteiger partial charge in [-0.15, -0.1) is 6.58 Å². The molecule has 2 aromatic carbocycles. The quantitative estimate of drug-likeness (QED) is 0.653. The molecule has 3 rings (SSSR count). The van der Waals surface area contributed by atoms with Gasteiger partial charge < -0.3 is 4.90 Å². The van der Waals surface area contributed by atoms with Crippen LogP contribution in [-0.4, -0.2) is 22.2 Å². The number of para-hydroxylation sites is 1. The Morgan fingerprint density at radius 1 is 1.12 bits per heavy atom. The maximum Gasteiger partial charge on any atom is 0.258 e. The molecule has 1 amide bonds. The second-order valence-corrected chi connectivity index (χ2v) is 5.93. The second-order valence-electron chi connectivity index (χ2n) is 5.93. The van der Waals surface area contributed by atoms with Crippen LogP contribution in [0.1, 0.15) is 21.7 Å². The van der Waals surface area contributed by atoms with Gasteiger partial charge in [-0.05, 0) is 56.3 Å². The first kappa shape index (κ1) is 16.7. The van der Waals surface area contributed by atoms with Crippen LogP contribution >= 0.6 is 0 Å². The van der Waals surface area contributed by atoms with Gasteiger partial charge in [-0.3, -0.25) is 4.79 Å². The predicted molar refractivity (Wildman–Crippen MR) is 101 cm³/mol. The number of carbonyl (C=O) groups excluding carboxylic acids is 1. The van der Waals surface area contributed by atoms with Crippen LogP contribution in [0.2, 0.25) is 0 Å². The molecule has 0 saturated carbocycles. The van der Waals surface area contributed by atoms with Gasteiger partial charge in [0.25, 0.3) is 5.91 Å². The minimum absolute atomic E-state index is 0.0500. The summed E-state index contributed by atoms with van der Waals surface area (Å²) in [6.45, 7) is 8.20. The van der Waals surface area contributed by atoms with Gasteiger partial charge in [-0.25, -0.2) is 4.68 Å². The third kappa shape index (κ3) is 3.53. The maximum absolute atomic E-state index is 12.9. The number of hydrogen-bond acceptors (Lipinski definition) is 2. The van der Waals surface area contributed by atoms with Gasteiger partial charge in [0.1, 0.15) is 0 Å². The van der Waals surface area contributed by atoms with Crippen LogP contribution in [0.4, 0.5) is 5.69 Å². The highest BCUT2D eigenvalue weighted by molar-refractivity contribution is 6.06. The van der Waals surface area contributed by atoms with Crippen LogP contribution in [0.5, 0.6) is 0 Å². The van der Waals surface area contributed by atoms with Gasteiger partial charge in [-0.2, -0.15) is 5.10 Å². The zero-order valence-corrected chi connectivity index (χ0v) is 14.5. The summed E-state index contributed by atoms with van der Waals surface area (Å²) in [5.74, 6) is -0.0500. The van der Waals surface area contributed by atoms with Crippen molar-refractivity contribution in [2.45, 2.75) is 13.8 Å². The minimum Gasteiger partial charge on any atom is -0.305 e. The average molecular weight is 331 g/mol. The third-order valence-corrected chi connectivity index (χ3v) is 3.99. The lowest BCUT2D eigenvalue weighted by Gasteiger charge is -2.21. The Morgan fingerprint density at radius 3 is 2.36 bits per heavy atom. The van der Waals surface area contributed by atoms with E-state index in [0.29, 0.717) is 12.1 Å². The molecule has 0 bridgehead atoms. The van der Waals surface area contributed by atoms with Gasteiger partial charge in [0, 0.05) is 23.5 Å². The van der Waals surface area contributed by atoms with Gasteiger partial charge in [0.15, 0.2) is 0 Å². The van der Waals surface area contributed by atoms with E-state index in [9.17, 15) is 4.79 Å². The largest absolute Gasteiger partial charge is 0.305 e. The number of nitrogens with zero attached hydrogens (tertiary/aromatic N) is 3. The Morgan fingerprint density at radius 2 is 1.80 bits per heavy atom. The summed E-state index contributed by atoms with van der Waals surface area (Å²) >= 11 is 0. The number of amides is 1. The first-order valence-electron chi connectivity index (χ1n) is 8.21. The van der Waals surface area contributed by atoms with Crippen molar-refractivity contribution in [3.63, 3.8) is 0 Å². The molecule has 0 atom stereocenters. The first-order chi connectivity index (χ1) is 12.1. The van der Waals surface area contributed by atoms with Crippen LogP contribution in [0, 0.1) is 13.8 Å². The number of hydrogen-bond donors (Lipinski definition) is 0. The molecule has 25 heavy (non-hydrogen) atoms. The van der Waals surface area contributed by atoms with Crippen molar-refractivity contribution < 1.29 is 4.79 Å². The van der Waals surface area contributed by atoms with Gasteiger partial charge in [0.2, 0.25) is 0 Å². The van der Waals surface area contributed by atoms with Crippen molar-refractivity contribution in [1.82, 2.24) is 9.78 Å². The Kier molecular flexibility index (Phi) is 4.80. The lowest BCUT2D eigenvalue weighted by molar-refractivity contribution is 0.0989. The average Bonchev–Trinajstić information content (AvgIpc) is 2.98. The fraction of sp³-hybridized carbons (Fsp3) is 0.143. The fourth-order valence-electron chi connectivity index (χ4n) is 2.83. The molecule has 126 valence electrons. The molecule has 4 heteroatoms. The molecule has 0 aliphatic carbocycles. The van der Waals surface area contributed by atoms with Crippen LogP contribution in [0.3, 0.4) is 0 Å². The van der Waals surface area contributed by atoms with E-state index in [0.717, 1.165) is 22.8 Å². The molecule has 0 spiro atoms. The molecular formula is C21H21N3O. The van der Waals surface area contributed by atoms with Crippen LogP contribution < -0.4 is 4.90 Å². The van der Waals surface area contributed by atoms with Gasteiger partial charge in [-0.1, -0.05) is 24.3 Å². The smallest absolute Gasteiger partial charge is 0.258 e. The second kappa shape index (κ2) is 7.18. The molecule has 0 N–H and O–H groups in total. The highest BCUT2D eigenvalue weighted by atomic mass is 16.2. The highest BCUT2D eigenvalue weighted by Crippen LogP contribution is 2.19. The van der Waals surface area contributed by atoms with E-state index < -0.39 is 0 Å². The van der Waals surface area contributed by atoms with Crippen molar-refractivity contribution in [2.24, 2.45) is 0 Å². The van der Waals surface area contributed by atoms with E-state index in [1.165, 1.54) is 0 Å². The Labute approximate surface area is 148 Å². The maximum atomic E-state index is 12.9. The normalized spacial score (nSPS) is 10.5. The summed E-state index contributed by atoms with van der Waals surface area (Å²) in [6.07, 6.45) is 1.73. The van der Waals surface area contributed by atoms with E-state index in [1.807, 2.05) is 79.2 Å². The number of aryl methyl sites for hydroxylation is 2. The van der Waals surface area contributed by atoms with E-state index >= 15 is 0 Å². The van der Waals surface area contributed by atoms with Crippen LogP contribution in [-0.2, 0) is 0 Å². The standard InChI is InChI=1S/C21H21N3O/c1-4-14-23(19-8-6-5-7-9-19)21(25)18-10-12-20(13-11-18)24-17(3)15-16(2)22-24/h4-13,15H,1,14H2,2-3H3. The topological polar surface area (TPSA) is 38.1 Å². The summed E-state index contributed by atoms with van der Waals surface area (Å²) in [5, 5.41) is 4.48. The minimum atomic E-state index is -0.0500. The summed E-state index contributed by atoms with van der Waals surface area (Å²) in [4.78, 5) is 14.6. The Hall–Kier alpha value is -3.14. The SMILES string of the molecule is C=CCN(C(=O)c1ccc(-n2nc(C)cc2C)cc1)c1ccccc1. The summed E-state index contributed by atoms with van der Waals surface area (Å²) in [7, 11) is 0. The van der Waals surface area contributed by atoms with Crippen molar-refractivity contribution in [1.29, 1.82) is 0 Å². The lowest BCUT2D eigenvalue weighted by Crippen LogP contribution is -2.30. The molecule has 1 aromatic heterocycles. The molecule has 1 heterocycles. The predicted octanol–water partition coefficient (Wildman–Crippen LogP) is 4.32. The molecule has 0 aliphatic rings.